The fourth-order valence-corrected chi connectivity index (χ4v) is 2.97. The molecular weight excluding hydrogens is 250 g/mol. The second kappa shape index (κ2) is 5.77. The van der Waals surface area contributed by atoms with Gasteiger partial charge in [0, 0.05) is 30.3 Å². The predicted octanol–water partition coefficient (Wildman–Crippen LogP) is 2.69. The maximum Gasteiger partial charge on any atom is 0.0645 e. The van der Waals surface area contributed by atoms with Crippen LogP contribution in [0.25, 0.3) is 5.69 Å². The van der Waals surface area contributed by atoms with Crippen LogP contribution >= 0.6 is 0 Å². The van der Waals surface area contributed by atoms with Crippen molar-refractivity contribution in [3.05, 3.63) is 48.3 Å². The van der Waals surface area contributed by atoms with E-state index < -0.39 is 0 Å². The molecule has 3 rings (SSSR count). The molecule has 1 saturated heterocycles. The fourth-order valence-electron chi connectivity index (χ4n) is 2.97. The lowest BCUT2D eigenvalue weighted by Gasteiger charge is -2.22. The largest absolute Gasteiger partial charge is 0.378 e. The van der Waals surface area contributed by atoms with Gasteiger partial charge < -0.3 is 10.5 Å². The lowest BCUT2D eigenvalue weighted by molar-refractivity contribution is 0.0813. The molecule has 0 saturated carbocycles. The van der Waals surface area contributed by atoms with Gasteiger partial charge in [-0.3, -0.25) is 0 Å². The smallest absolute Gasteiger partial charge is 0.0645 e. The molecule has 2 N–H and O–H groups in total. The van der Waals surface area contributed by atoms with Crippen LogP contribution in [0.3, 0.4) is 0 Å². The van der Waals surface area contributed by atoms with Crippen molar-refractivity contribution < 1.29 is 4.74 Å². The molecule has 4 heteroatoms. The zero-order valence-corrected chi connectivity index (χ0v) is 11.8. The molecule has 0 spiro atoms. The van der Waals surface area contributed by atoms with E-state index in [1.165, 1.54) is 0 Å². The maximum atomic E-state index is 6.42. The first-order valence-corrected chi connectivity index (χ1v) is 7.26. The summed E-state index contributed by atoms with van der Waals surface area (Å²) < 4.78 is 7.62. The Kier molecular flexibility index (Phi) is 3.85. The Morgan fingerprint density at radius 3 is 2.95 bits per heavy atom. The summed E-state index contributed by atoms with van der Waals surface area (Å²) in [6, 6.07) is 10.1. The summed E-state index contributed by atoms with van der Waals surface area (Å²) in [6.45, 7) is 2.98. The number of rotatable bonds is 4. The second-order valence-corrected chi connectivity index (χ2v) is 5.35. The van der Waals surface area contributed by atoms with Crippen molar-refractivity contribution in [3.63, 3.8) is 0 Å². The molecule has 1 aromatic carbocycles. The average Bonchev–Trinajstić information content (AvgIpc) is 3.16. The first kappa shape index (κ1) is 13.3. The number of nitrogens with zero attached hydrogens (tertiary/aromatic N) is 2. The molecule has 0 radical (unpaired) electrons. The number of para-hydroxylation sites is 1. The minimum Gasteiger partial charge on any atom is -0.378 e. The highest BCUT2D eigenvalue weighted by Gasteiger charge is 2.33. The minimum atomic E-state index is -0.0000813. The van der Waals surface area contributed by atoms with Gasteiger partial charge in [-0.25, -0.2) is 4.68 Å². The predicted molar refractivity (Wildman–Crippen MR) is 78.6 cm³/mol. The monoisotopic (exact) mass is 271 g/mol. The number of hydrogen-bond acceptors (Lipinski definition) is 3. The van der Waals surface area contributed by atoms with Crippen LogP contribution in [-0.4, -0.2) is 22.5 Å². The lowest BCUT2D eigenvalue weighted by atomic mass is 9.89. The van der Waals surface area contributed by atoms with Crippen LogP contribution in [0.5, 0.6) is 0 Å². The Morgan fingerprint density at radius 2 is 2.20 bits per heavy atom. The molecule has 106 valence electrons. The molecule has 4 nitrogen and oxygen atoms in total. The highest BCUT2D eigenvalue weighted by atomic mass is 16.5. The molecule has 1 aromatic heterocycles. The Bertz CT molecular complexity index is 552. The van der Waals surface area contributed by atoms with Gasteiger partial charge in [-0.05, 0) is 25.0 Å². The molecule has 1 aliphatic rings. The van der Waals surface area contributed by atoms with E-state index in [0.717, 1.165) is 30.7 Å². The van der Waals surface area contributed by atoms with Crippen molar-refractivity contribution in [2.24, 2.45) is 11.7 Å². The third-order valence-corrected chi connectivity index (χ3v) is 4.13. The minimum absolute atomic E-state index is 0.0000813. The van der Waals surface area contributed by atoms with Crippen molar-refractivity contribution in [1.82, 2.24) is 9.78 Å². The lowest BCUT2D eigenvalue weighted by Crippen LogP contribution is -2.27. The number of ether oxygens (including phenoxy) is 1. The van der Waals surface area contributed by atoms with Crippen LogP contribution in [0.15, 0.2) is 42.7 Å². The highest BCUT2D eigenvalue weighted by Crippen LogP contribution is 2.33. The number of aromatic nitrogens is 2. The van der Waals surface area contributed by atoms with Crippen molar-refractivity contribution in [2.45, 2.75) is 31.9 Å². The van der Waals surface area contributed by atoms with Crippen LogP contribution in [-0.2, 0) is 4.74 Å². The van der Waals surface area contributed by atoms with Crippen LogP contribution in [0, 0.1) is 5.92 Å². The van der Waals surface area contributed by atoms with E-state index in [0.29, 0.717) is 5.92 Å². The van der Waals surface area contributed by atoms with Gasteiger partial charge in [0.1, 0.15) is 0 Å². The molecule has 1 fully saturated rings. The molecule has 2 heterocycles. The van der Waals surface area contributed by atoms with Crippen molar-refractivity contribution >= 4 is 0 Å². The van der Waals surface area contributed by atoms with Crippen LogP contribution in [0.2, 0.25) is 0 Å². The first-order chi connectivity index (χ1) is 9.79. The molecule has 0 bridgehead atoms. The molecule has 2 aromatic rings. The molecule has 1 aliphatic heterocycles. The summed E-state index contributed by atoms with van der Waals surface area (Å²) in [5, 5.41) is 4.43. The number of nitrogens with two attached hydrogens (primary N) is 1. The third kappa shape index (κ3) is 2.49. The van der Waals surface area contributed by atoms with Crippen LogP contribution < -0.4 is 5.73 Å². The number of benzene rings is 1. The van der Waals surface area contributed by atoms with Gasteiger partial charge in [0.25, 0.3) is 0 Å². The molecule has 3 unspecified atom stereocenters. The SMILES string of the molecule is CCC1OCCC1C(N)c1cnn(-c2ccccc2)c1. The summed E-state index contributed by atoms with van der Waals surface area (Å²) in [7, 11) is 0. The zero-order chi connectivity index (χ0) is 13.9. The standard InChI is InChI=1S/C16H21N3O/c1-2-15-14(8-9-20-15)16(17)12-10-18-19(11-12)13-6-4-3-5-7-13/h3-7,10-11,14-16H,2,8-9,17H2,1H3. The van der Waals surface area contributed by atoms with Crippen molar-refractivity contribution in [1.29, 1.82) is 0 Å². The molecule has 3 atom stereocenters. The van der Waals surface area contributed by atoms with Gasteiger partial charge in [-0.15, -0.1) is 0 Å². The zero-order valence-electron chi connectivity index (χ0n) is 11.8. The van der Waals surface area contributed by atoms with E-state index >= 15 is 0 Å². The topological polar surface area (TPSA) is 53.1 Å². The molecule has 0 amide bonds. The quantitative estimate of drug-likeness (QED) is 0.930. The van der Waals surface area contributed by atoms with Crippen molar-refractivity contribution in [3.8, 4) is 5.69 Å². The van der Waals surface area contributed by atoms with Gasteiger partial charge >= 0.3 is 0 Å². The van der Waals surface area contributed by atoms with E-state index in [-0.39, 0.29) is 12.1 Å². The Labute approximate surface area is 119 Å². The van der Waals surface area contributed by atoms with Crippen LogP contribution in [0.1, 0.15) is 31.4 Å². The average molecular weight is 271 g/mol. The van der Waals surface area contributed by atoms with E-state index in [1.54, 1.807) is 0 Å². The van der Waals surface area contributed by atoms with Crippen LogP contribution in [0.4, 0.5) is 0 Å². The summed E-state index contributed by atoms with van der Waals surface area (Å²) in [4.78, 5) is 0. The molecular formula is C16H21N3O. The molecule has 20 heavy (non-hydrogen) atoms. The highest BCUT2D eigenvalue weighted by molar-refractivity contribution is 5.31. The van der Waals surface area contributed by atoms with E-state index in [4.69, 9.17) is 10.5 Å². The van der Waals surface area contributed by atoms with E-state index in [2.05, 4.69) is 12.0 Å². The molecule has 0 aliphatic carbocycles. The summed E-state index contributed by atoms with van der Waals surface area (Å²) >= 11 is 0. The van der Waals surface area contributed by atoms with Gasteiger partial charge in [-0.2, -0.15) is 5.10 Å². The van der Waals surface area contributed by atoms with Gasteiger partial charge in [0.05, 0.1) is 18.0 Å². The van der Waals surface area contributed by atoms with E-state index in [9.17, 15) is 0 Å². The normalized spacial score (nSPS) is 23.9. The fraction of sp³-hybridized carbons (Fsp3) is 0.438. The summed E-state index contributed by atoms with van der Waals surface area (Å²) in [5.74, 6) is 0.397. The summed E-state index contributed by atoms with van der Waals surface area (Å²) in [6.07, 6.45) is 6.25. The second-order valence-electron chi connectivity index (χ2n) is 5.35. The van der Waals surface area contributed by atoms with Gasteiger partial charge in [0.15, 0.2) is 0 Å². The summed E-state index contributed by atoms with van der Waals surface area (Å²) in [5.41, 5.74) is 8.57. The van der Waals surface area contributed by atoms with Gasteiger partial charge in [0.2, 0.25) is 0 Å². The Balaban J connectivity index is 1.80. The Hall–Kier alpha value is -1.65. The third-order valence-electron chi connectivity index (χ3n) is 4.13. The van der Waals surface area contributed by atoms with E-state index in [1.807, 2.05) is 47.4 Å². The Morgan fingerprint density at radius 1 is 1.40 bits per heavy atom. The van der Waals surface area contributed by atoms with Gasteiger partial charge in [-0.1, -0.05) is 25.1 Å². The first-order valence-electron chi connectivity index (χ1n) is 7.26. The van der Waals surface area contributed by atoms with Crippen molar-refractivity contribution in [2.75, 3.05) is 6.61 Å². The number of hydrogen-bond donors (Lipinski definition) is 1. The maximum absolute atomic E-state index is 6.42.